The summed E-state index contributed by atoms with van der Waals surface area (Å²) < 4.78 is 1.82. The highest BCUT2D eigenvalue weighted by atomic mass is 16.1. The van der Waals surface area contributed by atoms with Gasteiger partial charge in [-0.1, -0.05) is 45.0 Å². The summed E-state index contributed by atoms with van der Waals surface area (Å²) in [5, 5.41) is 2.61. The van der Waals surface area contributed by atoms with Crippen LogP contribution in [-0.2, 0) is 5.41 Å². The lowest BCUT2D eigenvalue weighted by atomic mass is 9.86. The predicted molar refractivity (Wildman–Crippen MR) is 90.5 cm³/mol. The van der Waals surface area contributed by atoms with Gasteiger partial charge in [-0.25, -0.2) is 9.97 Å². The van der Waals surface area contributed by atoms with Crippen molar-refractivity contribution in [3.63, 3.8) is 0 Å². The highest BCUT2D eigenvalue weighted by Gasteiger charge is 2.16. The summed E-state index contributed by atoms with van der Waals surface area (Å²) in [5.74, 6) is -0.215. The molecule has 5 nitrogen and oxygen atoms in total. The number of carbonyl (C=O) groups is 1. The second-order valence-corrected chi connectivity index (χ2v) is 6.54. The lowest BCUT2D eigenvalue weighted by Crippen LogP contribution is -2.20. The maximum atomic E-state index is 11.9. The average molecular weight is 308 g/mol. The second-order valence-electron chi connectivity index (χ2n) is 6.54. The minimum Gasteiger partial charge on any atom is -0.354 e. The maximum absolute atomic E-state index is 11.9. The maximum Gasteiger partial charge on any atom is 0.271 e. The molecule has 0 unspecified atom stereocenters. The van der Waals surface area contributed by atoms with Crippen LogP contribution < -0.4 is 5.32 Å². The number of nitrogens with zero attached hydrogens (tertiary/aromatic N) is 3. The molecule has 0 aliphatic rings. The normalized spacial score (nSPS) is 11.7. The standard InChI is InChI=1S/C18H20N4O/c1-18(2,3)13-7-5-12(6-8-13)15-16-20-9-10-22(16)11-14(21-15)17(23)19-4/h5-11H,1-4H3,(H,19,23). The van der Waals surface area contributed by atoms with E-state index in [4.69, 9.17) is 0 Å². The highest BCUT2D eigenvalue weighted by Crippen LogP contribution is 2.27. The third-order valence-corrected chi connectivity index (χ3v) is 3.86. The van der Waals surface area contributed by atoms with Crippen molar-refractivity contribution in [1.29, 1.82) is 0 Å². The van der Waals surface area contributed by atoms with Crippen molar-refractivity contribution in [3.05, 3.63) is 54.1 Å². The number of hydrogen-bond donors (Lipinski definition) is 1. The van der Waals surface area contributed by atoms with Crippen molar-refractivity contribution in [3.8, 4) is 11.3 Å². The first kappa shape index (κ1) is 15.2. The molecule has 0 aliphatic carbocycles. The molecule has 0 saturated carbocycles. The van der Waals surface area contributed by atoms with Crippen LogP contribution in [0.4, 0.5) is 0 Å². The number of hydrogen-bond acceptors (Lipinski definition) is 3. The van der Waals surface area contributed by atoms with Crippen LogP contribution in [0, 0.1) is 0 Å². The summed E-state index contributed by atoms with van der Waals surface area (Å²) in [4.78, 5) is 20.8. The molecule has 2 aromatic heterocycles. The fraction of sp³-hybridized carbons (Fsp3) is 0.278. The largest absolute Gasteiger partial charge is 0.354 e. The Morgan fingerprint density at radius 1 is 1.17 bits per heavy atom. The highest BCUT2D eigenvalue weighted by molar-refractivity contribution is 5.93. The molecule has 5 heteroatoms. The van der Waals surface area contributed by atoms with Crippen molar-refractivity contribution in [2.45, 2.75) is 26.2 Å². The summed E-state index contributed by atoms with van der Waals surface area (Å²) >= 11 is 0. The van der Waals surface area contributed by atoms with E-state index in [0.29, 0.717) is 11.4 Å². The minimum atomic E-state index is -0.215. The van der Waals surface area contributed by atoms with E-state index >= 15 is 0 Å². The zero-order chi connectivity index (χ0) is 16.6. The molecule has 0 bridgehead atoms. The van der Waals surface area contributed by atoms with Gasteiger partial charge in [0.25, 0.3) is 5.91 Å². The van der Waals surface area contributed by atoms with Gasteiger partial charge in [-0.05, 0) is 11.0 Å². The Balaban J connectivity index is 2.15. The van der Waals surface area contributed by atoms with Gasteiger partial charge in [-0.15, -0.1) is 0 Å². The molecule has 3 aromatic rings. The van der Waals surface area contributed by atoms with Crippen molar-refractivity contribution in [2.75, 3.05) is 7.05 Å². The lowest BCUT2D eigenvalue weighted by Gasteiger charge is -2.19. The summed E-state index contributed by atoms with van der Waals surface area (Å²) in [5.41, 5.74) is 4.10. The predicted octanol–water partition coefficient (Wildman–Crippen LogP) is 3.05. The Hall–Kier alpha value is -2.69. The molecule has 0 saturated heterocycles. The first-order valence-electron chi connectivity index (χ1n) is 7.57. The Bertz CT molecular complexity index is 857. The van der Waals surface area contributed by atoms with Crippen molar-refractivity contribution in [1.82, 2.24) is 19.7 Å². The van der Waals surface area contributed by atoms with Gasteiger partial charge >= 0.3 is 0 Å². The van der Waals surface area contributed by atoms with E-state index in [1.54, 1.807) is 19.4 Å². The summed E-state index contributed by atoms with van der Waals surface area (Å²) in [7, 11) is 1.60. The number of rotatable bonds is 2. The molecule has 1 aromatic carbocycles. The smallest absolute Gasteiger partial charge is 0.271 e. The Morgan fingerprint density at radius 2 is 1.87 bits per heavy atom. The fourth-order valence-corrected chi connectivity index (χ4v) is 2.49. The van der Waals surface area contributed by atoms with Gasteiger partial charge < -0.3 is 9.72 Å². The number of amides is 1. The molecular weight excluding hydrogens is 288 g/mol. The molecule has 23 heavy (non-hydrogen) atoms. The van der Waals surface area contributed by atoms with E-state index in [1.165, 1.54) is 5.56 Å². The monoisotopic (exact) mass is 308 g/mol. The molecule has 1 amide bonds. The Labute approximate surface area is 135 Å². The average Bonchev–Trinajstić information content (AvgIpc) is 3.01. The van der Waals surface area contributed by atoms with Gasteiger partial charge in [0.05, 0.1) is 0 Å². The molecule has 1 N–H and O–H groups in total. The number of benzene rings is 1. The van der Waals surface area contributed by atoms with Crippen molar-refractivity contribution >= 4 is 11.6 Å². The molecule has 3 rings (SSSR count). The zero-order valence-electron chi connectivity index (χ0n) is 13.8. The number of aromatic nitrogens is 3. The topological polar surface area (TPSA) is 59.3 Å². The van der Waals surface area contributed by atoms with E-state index in [2.05, 4.69) is 48.2 Å². The van der Waals surface area contributed by atoms with Gasteiger partial charge in [0.15, 0.2) is 5.65 Å². The summed E-state index contributed by atoms with van der Waals surface area (Å²) in [6.45, 7) is 6.54. The molecule has 0 aliphatic heterocycles. The quantitative estimate of drug-likeness (QED) is 0.791. The van der Waals surface area contributed by atoms with Gasteiger partial charge in [0, 0.05) is 31.2 Å². The van der Waals surface area contributed by atoms with Gasteiger partial charge in [-0.2, -0.15) is 0 Å². The third-order valence-electron chi connectivity index (χ3n) is 3.86. The number of fused-ring (bicyclic) bond motifs is 1. The van der Waals surface area contributed by atoms with Crippen LogP contribution in [0.25, 0.3) is 16.9 Å². The first-order chi connectivity index (χ1) is 10.9. The number of imidazole rings is 1. The summed E-state index contributed by atoms with van der Waals surface area (Å²) in [6.07, 6.45) is 5.21. The van der Waals surface area contributed by atoms with Crippen molar-refractivity contribution in [2.24, 2.45) is 0 Å². The van der Waals surface area contributed by atoms with E-state index in [1.807, 2.05) is 22.7 Å². The van der Waals surface area contributed by atoms with E-state index < -0.39 is 0 Å². The van der Waals surface area contributed by atoms with Crippen LogP contribution in [0.2, 0.25) is 0 Å². The van der Waals surface area contributed by atoms with E-state index in [0.717, 1.165) is 11.2 Å². The molecule has 0 spiro atoms. The summed E-state index contributed by atoms with van der Waals surface area (Å²) in [6, 6.07) is 8.27. The first-order valence-corrected chi connectivity index (χ1v) is 7.57. The number of carbonyl (C=O) groups excluding carboxylic acids is 1. The van der Waals surface area contributed by atoms with Gasteiger partial charge in [-0.3, -0.25) is 4.79 Å². The van der Waals surface area contributed by atoms with Crippen LogP contribution in [0.1, 0.15) is 36.8 Å². The van der Waals surface area contributed by atoms with Gasteiger partial charge in [0.2, 0.25) is 0 Å². The van der Waals surface area contributed by atoms with Gasteiger partial charge in [0.1, 0.15) is 11.4 Å². The molecule has 0 atom stereocenters. The van der Waals surface area contributed by atoms with Crippen LogP contribution in [-0.4, -0.2) is 27.3 Å². The minimum absolute atomic E-state index is 0.0958. The second kappa shape index (κ2) is 5.50. The Morgan fingerprint density at radius 3 is 2.48 bits per heavy atom. The third kappa shape index (κ3) is 2.82. The molecule has 0 fully saturated rings. The van der Waals surface area contributed by atoms with Crippen LogP contribution >= 0.6 is 0 Å². The Kier molecular flexibility index (Phi) is 3.64. The zero-order valence-corrected chi connectivity index (χ0v) is 13.8. The SMILES string of the molecule is CNC(=O)c1cn2ccnc2c(-c2ccc(C(C)(C)C)cc2)n1. The molecular formula is C18H20N4O. The van der Waals surface area contributed by atoms with Crippen LogP contribution in [0.3, 0.4) is 0 Å². The van der Waals surface area contributed by atoms with E-state index in [-0.39, 0.29) is 11.3 Å². The number of nitrogens with one attached hydrogen (secondary N) is 1. The molecule has 0 radical (unpaired) electrons. The van der Waals surface area contributed by atoms with Crippen LogP contribution in [0.5, 0.6) is 0 Å². The molecule has 118 valence electrons. The molecule has 2 heterocycles. The van der Waals surface area contributed by atoms with Crippen molar-refractivity contribution < 1.29 is 4.79 Å². The van der Waals surface area contributed by atoms with Crippen LogP contribution in [0.15, 0.2) is 42.9 Å². The van der Waals surface area contributed by atoms with E-state index in [9.17, 15) is 4.79 Å². The fourth-order valence-electron chi connectivity index (χ4n) is 2.49. The lowest BCUT2D eigenvalue weighted by molar-refractivity contribution is 0.0958.